The number of quaternary nitrogens is 1. The minimum Gasteiger partial charge on any atom is -0.457 e. The average molecular weight is 543 g/mol. The number of ether oxygens (including phenoxy) is 1. The number of hydrogen-bond acceptors (Lipinski definition) is 4. The number of likely N-dealkylation sites (tertiary alicyclic amines) is 1. The summed E-state index contributed by atoms with van der Waals surface area (Å²) in [5.41, 5.74) is 4.47. The van der Waals surface area contributed by atoms with Crippen LogP contribution in [0.2, 0.25) is 0 Å². The second-order valence-electron chi connectivity index (χ2n) is 10.8. The largest absolute Gasteiger partial charge is 0.457 e. The lowest BCUT2D eigenvalue weighted by molar-refractivity contribution is -0.963. The van der Waals surface area contributed by atoms with Crippen molar-refractivity contribution in [3.05, 3.63) is 95.4 Å². The van der Waals surface area contributed by atoms with Crippen LogP contribution in [-0.2, 0) is 11.3 Å². The minimum absolute atomic E-state index is 0.121. The molecule has 6 nitrogen and oxygen atoms in total. The molecule has 0 unspecified atom stereocenters. The summed E-state index contributed by atoms with van der Waals surface area (Å²) in [5.74, 6) is 1.52. The Hall–Kier alpha value is -3.68. The van der Waals surface area contributed by atoms with Crippen molar-refractivity contribution in [3.63, 3.8) is 0 Å². The van der Waals surface area contributed by atoms with Crippen LogP contribution in [0.4, 0.5) is 0 Å². The molecule has 1 fully saturated rings. The summed E-state index contributed by atoms with van der Waals surface area (Å²) in [6, 6.07) is 27.1. The molecule has 0 saturated carbocycles. The van der Waals surface area contributed by atoms with Crippen LogP contribution >= 0.6 is 11.3 Å². The first-order valence-corrected chi connectivity index (χ1v) is 14.5. The van der Waals surface area contributed by atoms with Gasteiger partial charge in [-0.05, 0) is 66.3 Å². The van der Waals surface area contributed by atoms with Crippen molar-refractivity contribution < 1.29 is 18.9 Å². The Balaban J connectivity index is 1.27. The zero-order chi connectivity index (χ0) is 27.2. The Morgan fingerprint density at radius 1 is 0.897 bits per heavy atom. The number of amides is 2. The summed E-state index contributed by atoms with van der Waals surface area (Å²) in [5, 5.41) is 4.08. The standard InChI is InChI=1S/C32H35N3O3S/c1-23(2)20-28(33-32(37)30-21-25-10-6-7-13-29(25)39-30)31(36)34-35(18-8-9-19-35)22-24-14-16-27(17-15-24)38-26-11-4-3-5-12-26/h3-7,10-17,21,23,28H,8-9,18-20,22H2,1-2H3,(H-,33,34,36,37)/p+1/t28-/m0/s1. The predicted molar refractivity (Wildman–Crippen MR) is 157 cm³/mol. The molecule has 0 spiro atoms. The first kappa shape index (κ1) is 26.9. The van der Waals surface area contributed by atoms with Gasteiger partial charge in [-0.3, -0.25) is 9.59 Å². The molecule has 39 heavy (non-hydrogen) atoms. The van der Waals surface area contributed by atoms with Gasteiger partial charge in [0.05, 0.1) is 4.88 Å². The van der Waals surface area contributed by atoms with Crippen LogP contribution in [-0.4, -0.2) is 35.5 Å². The van der Waals surface area contributed by atoms with Gasteiger partial charge in [0.25, 0.3) is 11.8 Å². The second-order valence-corrected chi connectivity index (χ2v) is 11.9. The minimum atomic E-state index is -0.597. The number of thiophene rings is 1. The third-order valence-electron chi connectivity index (χ3n) is 7.14. The van der Waals surface area contributed by atoms with E-state index in [0.717, 1.165) is 53.1 Å². The maximum Gasteiger partial charge on any atom is 0.287 e. The van der Waals surface area contributed by atoms with E-state index < -0.39 is 6.04 Å². The van der Waals surface area contributed by atoms with Gasteiger partial charge in [-0.15, -0.1) is 11.3 Å². The monoisotopic (exact) mass is 542 g/mol. The summed E-state index contributed by atoms with van der Waals surface area (Å²) in [6.45, 7) is 6.58. The fourth-order valence-corrected chi connectivity index (χ4v) is 6.19. The highest BCUT2D eigenvalue weighted by Gasteiger charge is 2.37. The molecule has 3 aromatic carbocycles. The van der Waals surface area contributed by atoms with Gasteiger partial charge < -0.3 is 10.1 Å². The quantitative estimate of drug-likeness (QED) is 0.220. The smallest absolute Gasteiger partial charge is 0.287 e. The fourth-order valence-electron chi connectivity index (χ4n) is 5.22. The lowest BCUT2D eigenvalue weighted by Gasteiger charge is -2.35. The Bertz CT molecular complexity index is 1380. The molecule has 1 aliphatic heterocycles. The Labute approximate surface area is 234 Å². The van der Waals surface area contributed by atoms with E-state index in [2.05, 4.69) is 36.7 Å². The van der Waals surface area contributed by atoms with E-state index in [9.17, 15) is 9.59 Å². The summed E-state index contributed by atoms with van der Waals surface area (Å²) in [6.07, 6.45) is 2.69. The van der Waals surface area contributed by atoms with Crippen molar-refractivity contribution in [1.29, 1.82) is 0 Å². The number of nitrogens with one attached hydrogen (secondary N) is 2. The van der Waals surface area contributed by atoms with Crippen LogP contribution in [0.5, 0.6) is 11.5 Å². The van der Waals surface area contributed by atoms with E-state index in [1.807, 2.05) is 72.8 Å². The number of nitrogens with zero attached hydrogens (tertiary/aromatic N) is 1. The SMILES string of the molecule is CC(C)C[C@H](NC(=O)c1cc2ccccc2s1)C(=O)N[N+]1(Cc2ccc(Oc3ccccc3)cc2)CCCC1. The molecule has 202 valence electrons. The second kappa shape index (κ2) is 12.0. The zero-order valence-electron chi connectivity index (χ0n) is 22.6. The number of carbonyl (C=O) groups is 2. The van der Waals surface area contributed by atoms with E-state index in [1.165, 1.54) is 11.3 Å². The lowest BCUT2D eigenvalue weighted by atomic mass is 10.0. The average Bonchev–Trinajstić information content (AvgIpc) is 3.57. The molecule has 2 N–H and O–H groups in total. The van der Waals surface area contributed by atoms with Crippen LogP contribution in [0.15, 0.2) is 84.9 Å². The molecule has 1 saturated heterocycles. The fraction of sp³-hybridized carbons (Fsp3) is 0.312. The van der Waals surface area contributed by atoms with E-state index in [-0.39, 0.29) is 17.7 Å². The number of benzene rings is 3. The highest BCUT2D eigenvalue weighted by Crippen LogP contribution is 2.27. The molecular weight excluding hydrogens is 506 g/mol. The van der Waals surface area contributed by atoms with Gasteiger partial charge in [-0.2, -0.15) is 5.43 Å². The molecular formula is C32H36N3O3S+. The molecule has 0 aliphatic carbocycles. The van der Waals surface area contributed by atoms with Crippen molar-refractivity contribution in [1.82, 2.24) is 10.7 Å². The van der Waals surface area contributed by atoms with Crippen molar-refractivity contribution in [2.45, 2.75) is 45.7 Å². The molecule has 2 heterocycles. The molecule has 1 atom stereocenters. The highest BCUT2D eigenvalue weighted by atomic mass is 32.1. The summed E-state index contributed by atoms with van der Waals surface area (Å²) in [4.78, 5) is 27.5. The van der Waals surface area contributed by atoms with Gasteiger partial charge in [0.1, 0.15) is 37.2 Å². The van der Waals surface area contributed by atoms with Crippen molar-refractivity contribution >= 4 is 33.2 Å². The summed E-state index contributed by atoms with van der Waals surface area (Å²) in [7, 11) is 0. The van der Waals surface area contributed by atoms with Crippen LogP contribution in [0.25, 0.3) is 10.1 Å². The Morgan fingerprint density at radius 3 is 2.26 bits per heavy atom. The topological polar surface area (TPSA) is 67.4 Å². The number of para-hydroxylation sites is 1. The molecule has 1 aliphatic rings. The maximum absolute atomic E-state index is 13.7. The van der Waals surface area contributed by atoms with Gasteiger partial charge in [0.15, 0.2) is 0 Å². The third kappa shape index (κ3) is 6.85. The van der Waals surface area contributed by atoms with E-state index in [1.54, 1.807) is 0 Å². The summed E-state index contributed by atoms with van der Waals surface area (Å²) >= 11 is 1.46. The van der Waals surface area contributed by atoms with Crippen LogP contribution < -0.4 is 15.5 Å². The maximum atomic E-state index is 13.7. The third-order valence-corrected chi connectivity index (χ3v) is 8.25. The van der Waals surface area contributed by atoms with Crippen molar-refractivity contribution in [2.24, 2.45) is 5.92 Å². The zero-order valence-corrected chi connectivity index (χ0v) is 23.4. The first-order chi connectivity index (χ1) is 18.9. The molecule has 4 aromatic rings. The lowest BCUT2D eigenvalue weighted by Crippen LogP contribution is -2.62. The van der Waals surface area contributed by atoms with E-state index >= 15 is 0 Å². The van der Waals surface area contributed by atoms with Crippen LogP contribution in [0.1, 0.15) is 48.3 Å². The molecule has 1 aromatic heterocycles. The Kier molecular flexibility index (Phi) is 8.29. The summed E-state index contributed by atoms with van der Waals surface area (Å²) < 4.78 is 7.50. The Morgan fingerprint density at radius 2 is 1.56 bits per heavy atom. The predicted octanol–water partition coefficient (Wildman–Crippen LogP) is 6.68. The van der Waals surface area contributed by atoms with Crippen molar-refractivity contribution in [3.8, 4) is 11.5 Å². The van der Waals surface area contributed by atoms with Crippen molar-refractivity contribution in [2.75, 3.05) is 13.1 Å². The van der Waals surface area contributed by atoms with Crippen LogP contribution in [0, 0.1) is 5.92 Å². The van der Waals surface area contributed by atoms with E-state index in [0.29, 0.717) is 22.4 Å². The van der Waals surface area contributed by atoms with Crippen LogP contribution in [0.3, 0.4) is 0 Å². The van der Waals surface area contributed by atoms with E-state index in [4.69, 9.17) is 4.74 Å². The molecule has 5 rings (SSSR count). The molecule has 7 heteroatoms. The molecule has 2 amide bonds. The first-order valence-electron chi connectivity index (χ1n) is 13.7. The molecule has 0 radical (unpaired) electrons. The van der Waals surface area contributed by atoms with Gasteiger partial charge >= 0.3 is 0 Å². The van der Waals surface area contributed by atoms with Gasteiger partial charge in [0, 0.05) is 23.1 Å². The number of fused-ring (bicyclic) bond motifs is 1. The molecule has 0 bridgehead atoms. The van der Waals surface area contributed by atoms with Gasteiger partial charge in [0.2, 0.25) is 0 Å². The normalized spacial score (nSPS) is 15.3. The highest BCUT2D eigenvalue weighted by molar-refractivity contribution is 7.20. The number of rotatable bonds is 10. The van der Waals surface area contributed by atoms with Gasteiger partial charge in [-0.25, -0.2) is 4.59 Å². The van der Waals surface area contributed by atoms with Gasteiger partial charge in [-0.1, -0.05) is 50.2 Å². The number of carbonyl (C=O) groups excluding carboxylic acids is 2. The number of hydrogen-bond donors (Lipinski definition) is 2.